The predicted octanol–water partition coefficient (Wildman–Crippen LogP) is 4.32. The molecule has 0 bridgehead atoms. The van der Waals surface area contributed by atoms with Crippen LogP contribution in [0.3, 0.4) is 0 Å². The average molecular weight is 512 g/mol. The number of aromatic nitrogens is 1. The highest BCUT2D eigenvalue weighted by Gasteiger charge is 2.23. The molecule has 8 heteroatoms. The number of nitrogens with one attached hydrogen (secondary N) is 1. The molecule has 2 aromatic rings. The molecule has 8 nitrogen and oxygen atoms in total. The van der Waals surface area contributed by atoms with E-state index in [2.05, 4.69) is 22.3 Å². The number of aryl methyl sites for hydroxylation is 2. The fraction of sp³-hybridized carbons (Fsp3) is 0.552. The molecule has 1 aliphatic rings. The molecule has 2 heterocycles. The second kappa shape index (κ2) is 15.3. The maximum atomic E-state index is 12.3. The van der Waals surface area contributed by atoms with Crippen LogP contribution in [0.1, 0.15) is 55.8 Å². The maximum Gasteiger partial charge on any atom is 0.307 e. The number of rotatable bonds is 16. The highest BCUT2D eigenvalue weighted by atomic mass is 16.5. The van der Waals surface area contributed by atoms with Crippen LogP contribution in [0.4, 0.5) is 5.82 Å². The Morgan fingerprint density at radius 1 is 1.14 bits per heavy atom. The molecule has 0 aliphatic carbocycles. The molecular weight excluding hydrogens is 470 g/mol. The zero-order valence-electron chi connectivity index (χ0n) is 22.2. The zero-order valence-corrected chi connectivity index (χ0v) is 22.2. The Bertz CT molecular complexity index is 985. The van der Waals surface area contributed by atoms with E-state index < -0.39 is 17.9 Å². The Hall–Kier alpha value is -2.97. The van der Waals surface area contributed by atoms with Gasteiger partial charge in [0.2, 0.25) is 0 Å². The van der Waals surface area contributed by atoms with Crippen molar-refractivity contribution < 1.29 is 24.2 Å². The van der Waals surface area contributed by atoms with Gasteiger partial charge in [0.05, 0.1) is 18.4 Å². The van der Waals surface area contributed by atoms with Crippen molar-refractivity contribution in [3.8, 4) is 0 Å². The van der Waals surface area contributed by atoms with Gasteiger partial charge in [-0.05, 0) is 75.7 Å². The SMILES string of the molecule is CO[C@H](C)CN(CCCCc1ccc2c(n1)NCCC2)CC[C@H](CC(=O)OCc1ccccc1)C(=O)O. The summed E-state index contributed by atoms with van der Waals surface area (Å²) < 4.78 is 10.8. The summed E-state index contributed by atoms with van der Waals surface area (Å²) in [5.74, 6) is -1.21. The highest BCUT2D eigenvalue weighted by molar-refractivity contribution is 5.78. The monoisotopic (exact) mass is 511 g/mol. The van der Waals surface area contributed by atoms with Crippen molar-refractivity contribution in [2.45, 2.75) is 64.6 Å². The van der Waals surface area contributed by atoms with Gasteiger partial charge < -0.3 is 24.8 Å². The number of carboxylic acid groups (broad SMARTS) is 1. The van der Waals surface area contributed by atoms with Crippen LogP contribution in [0.2, 0.25) is 0 Å². The standard InChI is InChI=1S/C29H41N3O5/c1-22(36-2)20-32(17-7-6-12-26-14-13-24-11-8-16-30-28(24)31-26)18-15-25(29(34)35)19-27(33)37-21-23-9-4-3-5-10-23/h3-5,9-10,13-14,22,25H,6-8,11-12,15-21H2,1-2H3,(H,30,31)(H,34,35)/t22-,25-/m1/s1. The van der Waals surface area contributed by atoms with E-state index in [9.17, 15) is 14.7 Å². The number of benzene rings is 1. The molecule has 1 aromatic heterocycles. The highest BCUT2D eigenvalue weighted by Crippen LogP contribution is 2.20. The van der Waals surface area contributed by atoms with Gasteiger partial charge in [-0.25, -0.2) is 4.98 Å². The van der Waals surface area contributed by atoms with E-state index in [0.29, 0.717) is 19.5 Å². The first-order valence-electron chi connectivity index (χ1n) is 13.3. The van der Waals surface area contributed by atoms with Crippen LogP contribution in [0.15, 0.2) is 42.5 Å². The molecule has 0 fully saturated rings. The zero-order chi connectivity index (χ0) is 26.5. The van der Waals surface area contributed by atoms with Crippen molar-refractivity contribution in [3.05, 3.63) is 59.3 Å². The Balaban J connectivity index is 1.45. The van der Waals surface area contributed by atoms with Gasteiger partial charge in [-0.3, -0.25) is 9.59 Å². The number of carbonyl (C=O) groups is 2. The number of hydrogen-bond acceptors (Lipinski definition) is 7. The second-order valence-electron chi connectivity index (χ2n) is 9.82. The van der Waals surface area contributed by atoms with Gasteiger partial charge >= 0.3 is 11.9 Å². The number of unbranched alkanes of at least 4 members (excludes halogenated alkanes) is 1. The van der Waals surface area contributed by atoms with Crippen molar-refractivity contribution in [2.24, 2.45) is 5.92 Å². The molecule has 37 heavy (non-hydrogen) atoms. The van der Waals surface area contributed by atoms with Crippen LogP contribution >= 0.6 is 0 Å². The third-order valence-electron chi connectivity index (χ3n) is 6.83. The van der Waals surface area contributed by atoms with Crippen LogP contribution in [0.5, 0.6) is 0 Å². The molecule has 1 aromatic carbocycles. The summed E-state index contributed by atoms with van der Waals surface area (Å²) in [6.45, 7) is 5.27. The molecule has 2 N–H and O–H groups in total. The van der Waals surface area contributed by atoms with E-state index >= 15 is 0 Å². The Morgan fingerprint density at radius 3 is 2.70 bits per heavy atom. The molecule has 0 radical (unpaired) electrons. The summed E-state index contributed by atoms with van der Waals surface area (Å²) in [6.07, 6.45) is 5.40. The number of pyridine rings is 1. The van der Waals surface area contributed by atoms with E-state index in [-0.39, 0.29) is 19.1 Å². The number of methoxy groups -OCH3 is 1. The average Bonchev–Trinajstić information content (AvgIpc) is 2.92. The van der Waals surface area contributed by atoms with Gasteiger partial charge in [-0.15, -0.1) is 0 Å². The Labute approximate surface area is 220 Å². The van der Waals surface area contributed by atoms with Gasteiger partial charge in [-0.1, -0.05) is 36.4 Å². The molecule has 0 amide bonds. The van der Waals surface area contributed by atoms with Gasteiger partial charge in [0.1, 0.15) is 12.4 Å². The quantitative estimate of drug-likeness (QED) is 0.254. The van der Waals surface area contributed by atoms with Crippen molar-refractivity contribution in [3.63, 3.8) is 0 Å². The van der Waals surface area contributed by atoms with Crippen LogP contribution in [-0.2, 0) is 38.5 Å². The third kappa shape index (κ3) is 10.1. The van der Waals surface area contributed by atoms with E-state index in [1.54, 1.807) is 7.11 Å². The molecule has 3 rings (SSSR count). The molecule has 0 spiro atoms. The molecule has 0 saturated heterocycles. The fourth-order valence-corrected chi connectivity index (χ4v) is 4.53. The smallest absolute Gasteiger partial charge is 0.307 e. The molecule has 2 atom stereocenters. The van der Waals surface area contributed by atoms with Crippen LogP contribution in [-0.4, -0.2) is 66.3 Å². The van der Waals surface area contributed by atoms with E-state index in [1.165, 1.54) is 5.56 Å². The summed E-state index contributed by atoms with van der Waals surface area (Å²) in [7, 11) is 1.68. The molecular formula is C29H41N3O5. The number of carboxylic acids is 1. The summed E-state index contributed by atoms with van der Waals surface area (Å²) in [5, 5.41) is 13.1. The Kier molecular flexibility index (Phi) is 11.8. The number of ether oxygens (including phenoxy) is 2. The largest absolute Gasteiger partial charge is 0.481 e. The van der Waals surface area contributed by atoms with E-state index in [1.807, 2.05) is 37.3 Å². The Morgan fingerprint density at radius 2 is 1.95 bits per heavy atom. The van der Waals surface area contributed by atoms with Crippen molar-refractivity contribution in [1.82, 2.24) is 9.88 Å². The van der Waals surface area contributed by atoms with Gasteiger partial charge in [0.25, 0.3) is 0 Å². The molecule has 1 aliphatic heterocycles. The van der Waals surface area contributed by atoms with Gasteiger partial charge in [0.15, 0.2) is 0 Å². The van der Waals surface area contributed by atoms with Crippen LogP contribution in [0.25, 0.3) is 0 Å². The summed E-state index contributed by atoms with van der Waals surface area (Å²) in [5.41, 5.74) is 3.28. The lowest BCUT2D eigenvalue weighted by atomic mass is 10.0. The first-order chi connectivity index (χ1) is 17.9. The maximum absolute atomic E-state index is 12.3. The fourth-order valence-electron chi connectivity index (χ4n) is 4.53. The first kappa shape index (κ1) is 28.6. The minimum atomic E-state index is -0.969. The van der Waals surface area contributed by atoms with Gasteiger partial charge in [0, 0.05) is 25.9 Å². The molecule has 0 unspecified atom stereocenters. The van der Waals surface area contributed by atoms with Crippen molar-refractivity contribution in [1.29, 1.82) is 0 Å². The minimum Gasteiger partial charge on any atom is -0.481 e. The van der Waals surface area contributed by atoms with Crippen LogP contribution < -0.4 is 5.32 Å². The van der Waals surface area contributed by atoms with Gasteiger partial charge in [-0.2, -0.15) is 0 Å². The van der Waals surface area contributed by atoms with Crippen LogP contribution in [0, 0.1) is 5.92 Å². The number of hydrogen-bond donors (Lipinski definition) is 2. The topological polar surface area (TPSA) is 101 Å². The lowest BCUT2D eigenvalue weighted by Gasteiger charge is -2.26. The number of carbonyl (C=O) groups excluding carboxylic acids is 1. The normalized spacial score (nSPS) is 14.5. The number of nitrogens with zero attached hydrogens (tertiary/aromatic N) is 2. The lowest BCUT2D eigenvalue weighted by Crippen LogP contribution is -2.35. The second-order valence-corrected chi connectivity index (χ2v) is 9.82. The van der Waals surface area contributed by atoms with E-state index in [0.717, 1.165) is 62.3 Å². The number of anilines is 1. The molecule has 202 valence electrons. The summed E-state index contributed by atoms with van der Waals surface area (Å²) in [4.78, 5) is 31.2. The summed E-state index contributed by atoms with van der Waals surface area (Å²) in [6, 6.07) is 13.7. The lowest BCUT2D eigenvalue weighted by molar-refractivity contribution is -0.152. The van der Waals surface area contributed by atoms with Crippen molar-refractivity contribution >= 4 is 17.8 Å². The van der Waals surface area contributed by atoms with E-state index in [4.69, 9.17) is 14.5 Å². The number of esters is 1. The van der Waals surface area contributed by atoms with Crippen molar-refractivity contribution in [2.75, 3.05) is 38.6 Å². The number of fused-ring (bicyclic) bond motifs is 1. The predicted molar refractivity (Wildman–Crippen MR) is 143 cm³/mol. The molecule has 0 saturated carbocycles. The number of aliphatic carboxylic acids is 1. The first-order valence-corrected chi connectivity index (χ1v) is 13.3. The summed E-state index contributed by atoms with van der Waals surface area (Å²) >= 11 is 0. The third-order valence-corrected chi connectivity index (χ3v) is 6.83. The minimum absolute atomic E-state index is 0.0347.